The normalized spacial score (nSPS) is 10.3. The molecule has 1 N–H and O–H groups in total. The molecule has 0 atom stereocenters. The van der Waals surface area contributed by atoms with Gasteiger partial charge in [-0.25, -0.2) is 9.37 Å². The van der Waals surface area contributed by atoms with E-state index in [1.807, 2.05) is 12.1 Å². The standard InChI is InChI=1S/C12H9BrClFN2/c13-9-2-4-12(17-7-9)16-6-8-1-3-11(15)10(14)5-8/h1-5,7H,6H2,(H,16,17). The SMILES string of the molecule is Fc1ccc(CNc2ccc(Br)cn2)cc1Cl. The first kappa shape index (κ1) is 12.3. The fraction of sp³-hybridized carbons (Fsp3) is 0.0833. The van der Waals surface area contributed by atoms with Gasteiger partial charge in [-0.2, -0.15) is 0 Å². The summed E-state index contributed by atoms with van der Waals surface area (Å²) in [6, 6.07) is 8.40. The number of hydrogen-bond donors (Lipinski definition) is 1. The lowest BCUT2D eigenvalue weighted by Crippen LogP contribution is -2.01. The van der Waals surface area contributed by atoms with Gasteiger partial charge in [-0.1, -0.05) is 17.7 Å². The van der Waals surface area contributed by atoms with Gasteiger partial charge in [0, 0.05) is 17.2 Å². The van der Waals surface area contributed by atoms with Crippen LogP contribution in [0.15, 0.2) is 41.0 Å². The van der Waals surface area contributed by atoms with Gasteiger partial charge in [0.25, 0.3) is 0 Å². The highest BCUT2D eigenvalue weighted by molar-refractivity contribution is 9.10. The Hall–Kier alpha value is -1.13. The third kappa shape index (κ3) is 3.41. The van der Waals surface area contributed by atoms with Crippen molar-refractivity contribution in [3.63, 3.8) is 0 Å². The third-order valence-corrected chi connectivity index (χ3v) is 2.94. The van der Waals surface area contributed by atoms with E-state index in [9.17, 15) is 4.39 Å². The van der Waals surface area contributed by atoms with E-state index in [2.05, 4.69) is 26.2 Å². The van der Waals surface area contributed by atoms with Crippen LogP contribution >= 0.6 is 27.5 Å². The van der Waals surface area contributed by atoms with Gasteiger partial charge < -0.3 is 5.32 Å². The maximum atomic E-state index is 12.9. The Morgan fingerprint density at radius 3 is 2.76 bits per heavy atom. The van der Waals surface area contributed by atoms with Gasteiger partial charge in [0.05, 0.1) is 5.02 Å². The van der Waals surface area contributed by atoms with Gasteiger partial charge in [-0.05, 0) is 45.8 Å². The van der Waals surface area contributed by atoms with Crippen LogP contribution in [-0.4, -0.2) is 4.98 Å². The molecule has 0 aliphatic rings. The molecule has 0 bridgehead atoms. The maximum Gasteiger partial charge on any atom is 0.141 e. The number of nitrogens with zero attached hydrogens (tertiary/aromatic N) is 1. The average molecular weight is 316 g/mol. The second-order valence-electron chi connectivity index (χ2n) is 3.46. The molecule has 0 fully saturated rings. The Morgan fingerprint density at radius 1 is 1.29 bits per heavy atom. The van der Waals surface area contributed by atoms with Crippen LogP contribution in [-0.2, 0) is 6.54 Å². The lowest BCUT2D eigenvalue weighted by atomic mass is 10.2. The van der Waals surface area contributed by atoms with E-state index in [0.29, 0.717) is 6.54 Å². The van der Waals surface area contributed by atoms with Crippen LogP contribution in [0.2, 0.25) is 5.02 Å². The zero-order valence-corrected chi connectivity index (χ0v) is 11.1. The summed E-state index contributed by atoms with van der Waals surface area (Å²) in [5, 5.41) is 3.25. The number of rotatable bonds is 3. The van der Waals surface area contributed by atoms with Crippen molar-refractivity contribution in [2.45, 2.75) is 6.54 Å². The van der Waals surface area contributed by atoms with Crippen LogP contribution < -0.4 is 5.32 Å². The summed E-state index contributed by atoms with van der Waals surface area (Å²) in [6.07, 6.45) is 1.71. The summed E-state index contributed by atoms with van der Waals surface area (Å²) in [6.45, 7) is 0.550. The number of nitrogens with one attached hydrogen (secondary N) is 1. The second kappa shape index (κ2) is 5.47. The number of hydrogen-bond acceptors (Lipinski definition) is 2. The van der Waals surface area contributed by atoms with E-state index in [4.69, 9.17) is 11.6 Å². The largest absolute Gasteiger partial charge is 0.366 e. The minimum atomic E-state index is -0.405. The van der Waals surface area contributed by atoms with E-state index >= 15 is 0 Å². The molecule has 0 aliphatic heterocycles. The second-order valence-corrected chi connectivity index (χ2v) is 4.79. The molecule has 5 heteroatoms. The molecule has 0 unspecified atom stereocenters. The van der Waals surface area contributed by atoms with E-state index < -0.39 is 5.82 Å². The molecule has 1 aromatic heterocycles. The Balaban J connectivity index is 2.02. The fourth-order valence-electron chi connectivity index (χ4n) is 1.32. The summed E-state index contributed by atoms with van der Waals surface area (Å²) in [5.74, 6) is 0.353. The lowest BCUT2D eigenvalue weighted by Gasteiger charge is -2.06. The van der Waals surface area contributed by atoms with Crippen molar-refractivity contribution in [1.82, 2.24) is 4.98 Å². The van der Waals surface area contributed by atoms with Gasteiger partial charge in [0.2, 0.25) is 0 Å². The molecule has 0 aliphatic carbocycles. The van der Waals surface area contributed by atoms with Crippen molar-refractivity contribution in [2.24, 2.45) is 0 Å². The van der Waals surface area contributed by atoms with Crippen molar-refractivity contribution in [1.29, 1.82) is 0 Å². The number of pyridine rings is 1. The molecule has 2 aromatic rings. The molecule has 17 heavy (non-hydrogen) atoms. The van der Waals surface area contributed by atoms with E-state index in [-0.39, 0.29) is 5.02 Å². The molecule has 0 spiro atoms. The van der Waals surface area contributed by atoms with Gasteiger partial charge in [-0.15, -0.1) is 0 Å². The summed E-state index contributed by atoms with van der Waals surface area (Å²) >= 11 is 9.00. The molecule has 0 amide bonds. The summed E-state index contributed by atoms with van der Waals surface area (Å²) in [5.41, 5.74) is 0.904. The van der Waals surface area contributed by atoms with E-state index in [1.54, 1.807) is 18.3 Å². The molecule has 1 heterocycles. The van der Waals surface area contributed by atoms with Gasteiger partial charge >= 0.3 is 0 Å². The smallest absolute Gasteiger partial charge is 0.141 e. The van der Waals surface area contributed by atoms with Crippen molar-refractivity contribution < 1.29 is 4.39 Å². The maximum absolute atomic E-state index is 12.9. The summed E-state index contributed by atoms with van der Waals surface area (Å²) in [4.78, 5) is 4.17. The summed E-state index contributed by atoms with van der Waals surface area (Å²) < 4.78 is 13.9. The highest BCUT2D eigenvalue weighted by Crippen LogP contribution is 2.17. The Morgan fingerprint density at radius 2 is 2.12 bits per heavy atom. The van der Waals surface area contributed by atoms with Gasteiger partial charge in [0.1, 0.15) is 11.6 Å². The minimum absolute atomic E-state index is 0.132. The molecule has 88 valence electrons. The quantitative estimate of drug-likeness (QED) is 0.916. The third-order valence-electron chi connectivity index (χ3n) is 2.19. The van der Waals surface area contributed by atoms with Crippen LogP contribution in [0.3, 0.4) is 0 Å². The Labute approximate surface area is 112 Å². The van der Waals surface area contributed by atoms with Crippen LogP contribution in [0, 0.1) is 5.82 Å². The molecule has 2 nitrogen and oxygen atoms in total. The Kier molecular flexibility index (Phi) is 3.97. The van der Waals surface area contributed by atoms with Crippen LogP contribution in [0.4, 0.5) is 10.2 Å². The van der Waals surface area contributed by atoms with Gasteiger partial charge in [-0.3, -0.25) is 0 Å². The van der Waals surface area contributed by atoms with Gasteiger partial charge in [0.15, 0.2) is 0 Å². The number of benzene rings is 1. The first-order chi connectivity index (χ1) is 8.15. The zero-order valence-electron chi connectivity index (χ0n) is 8.75. The zero-order chi connectivity index (χ0) is 12.3. The minimum Gasteiger partial charge on any atom is -0.366 e. The highest BCUT2D eigenvalue weighted by atomic mass is 79.9. The molecule has 1 aromatic carbocycles. The molecular weight excluding hydrogens is 307 g/mol. The predicted molar refractivity (Wildman–Crippen MR) is 70.7 cm³/mol. The monoisotopic (exact) mass is 314 g/mol. The average Bonchev–Trinajstić information content (AvgIpc) is 2.33. The van der Waals surface area contributed by atoms with E-state index in [1.165, 1.54) is 6.07 Å². The van der Waals surface area contributed by atoms with Crippen LogP contribution in [0.1, 0.15) is 5.56 Å². The van der Waals surface area contributed by atoms with Crippen molar-refractivity contribution in [2.75, 3.05) is 5.32 Å². The van der Waals surface area contributed by atoms with Crippen LogP contribution in [0.5, 0.6) is 0 Å². The first-order valence-corrected chi connectivity index (χ1v) is 6.11. The molecule has 0 saturated carbocycles. The predicted octanol–water partition coefficient (Wildman–Crippen LogP) is 4.25. The van der Waals surface area contributed by atoms with Crippen LogP contribution in [0.25, 0.3) is 0 Å². The molecule has 0 radical (unpaired) electrons. The van der Waals surface area contributed by atoms with Crippen molar-refractivity contribution in [3.8, 4) is 0 Å². The van der Waals surface area contributed by atoms with Crippen molar-refractivity contribution >= 4 is 33.3 Å². The fourth-order valence-corrected chi connectivity index (χ4v) is 1.76. The highest BCUT2D eigenvalue weighted by Gasteiger charge is 2.01. The summed E-state index contributed by atoms with van der Waals surface area (Å²) in [7, 11) is 0. The van der Waals surface area contributed by atoms with E-state index in [0.717, 1.165) is 15.9 Å². The topological polar surface area (TPSA) is 24.9 Å². The Bertz CT molecular complexity index is 516. The molecule has 2 rings (SSSR count). The first-order valence-electron chi connectivity index (χ1n) is 4.94. The van der Waals surface area contributed by atoms with Crippen molar-refractivity contribution in [3.05, 3.63) is 57.4 Å². The lowest BCUT2D eigenvalue weighted by molar-refractivity contribution is 0.627. The molecular formula is C12H9BrClFN2. The number of anilines is 1. The number of halogens is 3. The molecule has 0 saturated heterocycles. The number of aromatic nitrogens is 1.